The van der Waals surface area contributed by atoms with Crippen LogP contribution < -0.4 is 4.74 Å². The third-order valence-electron chi connectivity index (χ3n) is 2.66. The van der Waals surface area contributed by atoms with Crippen molar-refractivity contribution in [1.82, 2.24) is 0 Å². The Balaban J connectivity index is 2.15. The van der Waals surface area contributed by atoms with E-state index in [0.29, 0.717) is 6.61 Å². The molecule has 1 aromatic carbocycles. The number of benzene rings is 1. The minimum absolute atomic E-state index is 0.0692. The van der Waals surface area contributed by atoms with E-state index in [2.05, 4.69) is 27.8 Å². The fourth-order valence-corrected chi connectivity index (χ4v) is 2.04. The first kappa shape index (κ1) is 12.4. The zero-order valence-corrected chi connectivity index (χ0v) is 11.4. The highest BCUT2D eigenvalue weighted by atomic mass is 79.9. The normalized spacial score (nSPS) is 18.1. The minimum Gasteiger partial charge on any atom is -0.493 e. The van der Waals surface area contributed by atoms with Crippen LogP contribution in [0.25, 0.3) is 0 Å². The van der Waals surface area contributed by atoms with E-state index in [1.165, 1.54) is 6.40 Å². The van der Waals surface area contributed by atoms with Crippen molar-refractivity contribution in [3.05, 3.63) is 28.2 Å². The van der Waals surface area contributed by atoms with Crippen LogP contribution in [0.1, 0.15) is 31.4 Å². The Hall–Kier alpha value is -1.03. The van der Waals surface area contributed by atoms with Gasteiger partial charge in [-0.15, -0.1) is 0 Å². The van der Waals surface area contributed by atoms with Gasteiger partial charge in [0.2, 0.25) is 0 Å². The topological polar surface area (TPSA) is 30.8 Å². The average molecular weight is 298 g/mol. The van der Waals surface area contributed by atoms with E-state index in [-0.39, 0.29) is 6.04 Å². The fraction of sp³-hybridized carbons (Fsp3) is 0.462. The Morgan fingerprint density at radius 3 is 3.12 bits per heavy atom. The molecule has 0 radical (unpaired) electrons. The van der Waals surface area contributed by atoms with Gasteiger partial charge in [-0.3, -0.25) is 0 Å². The van der Waals surface area contributed by atoms with Crippen molar-refractivity contribution < 1.29 is 9.47 Å². The molecule has 92 valence electrons. The van der Waals surface area contributed by atoms with Crippen LogP contribution >= 0.6 is 15.9 Å². The van der Waals surface area contributed by atoms with Gasteiger partial charge in [-0.05, 0) is 18.6 Å². The Bertz CT molecular complexity index is 406. The number of aliphatic imine (C=N–C) groups is 1. The quantitative estimate of drug-likeness (QED) is 0.776. The van der Waals surface area contributed by atoms with Gasteiger partial charge in [0.15, 0.2) is 6.40 Å². The van der Waals surface area contributed by atoms with Gasteiger partial charge >= 0.3 is 0 Å². The number of unbranched alkanes of at least 4 members (excludes halogenated alkanes) is 1. The largest absolute Gasteiger partial charge is 0.493 e. The summed E-state index contributed by atoms with van der Waals surface area (Å²) in [7, 11) is 0. The van der Waals surface area contributed by atoms with Crippen LogP contribution in [-0.2, 0) is 4.74 Å². The number of ether oxygens (including phenoxy) is 2. The van der Waals surface area contributed by atoms with Crippen molar-refractivity contribution >= 4 is 22.3 Å². The second-order valence-electron chi connectivity index (χ2n) is 3.99. The number of rotatable bonds is 5. The van der Waals surface area contributed by atoms with Crippen LogP contribution in [0.5, 0.6) is 5.75 Å². The molecule has 0 aliphatic carbocycles. The molecule has 1 atom stereocenters. The van der Waals surface area contributed by atoms with Crippen molar-refractivity contribution in [2.45, 2.75) is 25.8 Å². The lowest BCUT2D eigenvalue weighted by atomic mass is 10.1. The molecule has 0 amide bonds. The molecule has 0 N–H and O–H groups in total. The third-order valence-corrected chi connectivity index (χ3v) is 3.15. The monoisotopic (exact) mass is 297 g/mol. The molecule has 0 saturated heterocycles. The maximum Gasteiger partial charge on any atom is 0.170 e. The molecule has 1 aliphatic rings. The first-order valence-electron chi connectivity index (χ1n) is 5.86. The Kier molecular flexibility index (Phi) is 4.42. The summed E-state index contributed by atoms with van der Waals surface area (Å²) in [6, 6.07) is 6.12. The standard InChI is InChI=1S/C13H16BrNO2/c1-2-3-6-17-13-7-10(14)4-5-11(13)12-8-16-9-15-12/h4-5,7,9,12H,2-3,6,8H2,1H3. The number of nitrogens with zero attached hydrogens (tertiary/aromatic N) is 1. The van der Waals surface area contributed by atoms with E-state index in [4.69, 9.17) is 9.47 Å². The second kappa shape index (κ2) is 6.05. The molecule has 1 heterocycles. The molecule has 0 bridgehead atoms. The first-order chi connectivity index (χ1) is 8.31. The van der Waals surface area contributed by atoms with E-state index in [1.54, 1.807) is 0 Å². The van der Waals surface area contributed by atoms with Crippen molar-refractivity contribution in [1.29, 1.82) is 0 Å². The molecule has 3 nitrogen and oxygen atoms in total. The van der Waals surface area contributed by atoms with E-state index in [9.17, 15) is 0 Å². The summed E-state index contributed by atoms with van der Waals surface area (Å²) in [4.78, 5) is 4.28. The van der Waals surface area contributed by atoms with Gasteiger partial charge in [-0.2, -0.15) is 0 Å². The molecule has 0 fully saturated rings. The fourth-order valence-electron chi connectivity index (χ4n) is 1.70. The van der Waals surface area contributed by atoms with Crippen LogP contribution in [0, 0.1) is 0 Å². The maximum atomic E-state index is 5.81. The highest BCUT2D eigenvalue weighted by Gasteiger charge is 2.19. The number of hydrogen-bond donors (Lipinski definition) is 0. The van der Waals surface area contributed by atoms with Gasteiger partial charge in [0, 0.05) is 10.0 Å². The summed E-state index contributed by atoms with van der Waals surface area (Å²) < 4.78 is 12.0. The summed E-state index contributed by atoms with van der Waals surface area (Å²) in [6.45, 7) is 3.50. The third kappa shape index (κ3) is 3.22. The van der Waals surface area contributed by atoms with Gasteiger partial charge in [0.1, 0.15) is 18.4 Å². The van der Waals surface area contributed by atoms with Gasteiger partial charge in [0.05, 0.1) is 6.61 Å². The minimum atomic E-state index is 0.0692. The number of hydrogen-bond acceptors (Lipinski definition) is 3. The molecular weight excluding hydrogens is 282 g/mol. The smallest absolute Gasteiger partial charge is 0.170 e. The summed E-state index contributed by atoms with van der Waals surface area (Å²) in [5, 5.41) is 0. The van der Waals surface area contributed by atoms with Crippen molar-refractivity contribution in [3.8, 4) is 5.75 Å². The van der Waals surface area contributed by atoms with Gasteiger partial charge in [0.25, 0.3) is 0 Å². The predicted octanol–water partition coefficient (Wildman–Crippen LogP) is 3.73. The molecule has 1 aromatic rings. The van der Waals surface area contributed by atoms with E-state index in [0.717, 1.165) is 35.2 Å². The average Bonchev–Trinajstić information content (AvgIpc) is 2.83. The predicted molar refractivity (Wildman–Crippen MR) is 71.7 cm³/mol. The lowest BCUT2D eigenvalue weighted by Gasteiger charge is -2.14. The Morgan fingerprint density at radius 2 is 2.41 bits per heavy atom. The van der Waals surface area contributed by atoms with E-state index in [1.807, 2.05) is 18.2 Å². The highest BCUT2D eigenvalue weighted by Crippen LogP contribution is 2.32. The summed E-state index contributed by atoms with van der Waals surface area (Å²) in [6.07, 6.45) is 3.72. The van der Waals surface area contributed by atoms with Gasteiger partial charge < -0.3 is 9.47 Å². The van der Waals surface area contributed by atoms with E-state index >= 15 is 0 Å². The molecule has 0 saturated carbocycles. The number of halogens is 1. The van der Waals surface area contributed by atoms with E-state index < -0.39 is 0 Å². The van der Waals surface area contributed by atoms with Crippen LogP contribution in [0.2, 0.25) is 0 Å². The summed E-state index contributed by atoms with van der Waals surface area (Å²) in [5.41, 5.74) is 1.10. The van der Waals surface area contributed by atoms with Crippen molar-refractivity contribution in [2.24, 2.45) is 4.99 Å². The summed E-state index contributed by atoms with van der Waals surface area (Å²) in [5.74, 6) is 0.903. The molecule has 17 heavy (non-hydrogen) atoms. The Labute approximate surface area is 110 Å². The zero-order chi connectivity index (χ0) is 12.1. The molecular formula is C13H16BrNO2. The Morgan fingerprint density at radius 1 is 1.53 bits per heavy atom. The molecule has 1 aliphatic heterocycles. The lowest BCUT2D eigenvalue weighted by molar-refractivity contribution is 0.295. The van der Waals surface area contributed by atoms with Crippen LogP contribution in [-0.4, -0.2) is 19.6 Å². The highest BCUT2D eigenvalue weighted by molar-refractivity contribution is 9.10. The maximum absolute atomic E-state index is 5.81. The molecule has 2 rings (SSSR count). The van der Waals surface area contributed by atoms with Crippen LogP contribution in [0.4, 0.5) is 0 Å². The van der Waals surface area contributed by atoms with Gasteiger partial charge in [-0.1, -0.05) is 35.3 Å². The first-order valence-corrected chi connectivity index (χ1v) is 6.66. The second-order valence-corrected chi connectivity index (χ2v) is 4.90. The van der Waals surface area contributed by atoms with Gasteiger partial charge in [-0.25, -0.2) is 4.99 Å². The molecule has 0 spiro atoms. The lowest BCUT2D eigenvalue weighted by Crippen LogP contribution is -2.04. The van der Waals surface area contributed by atoms with Crippen molar-refractivity contribution in [3.63, 3.8) is 0 Å². The summed E-state index contributed by atoms with van der Waals surface area (Å²) >= 11 is 3.46. The molecule has 1 unspecified atom stereocenters. The molecule has 0 aromatic heterocycles. The molecule has 4 heteroatoms. The van der Waals surface area contributed by atoms with Crippen LogP contribution in [0.3, 0.4) is 0 Å². The van der Waals surface area contributed by atoms with Crippen LogP contribution in [0.15, 0.2) is 27.7 Å². The van der Waals surface area contributed by atoms with Crippen molar-refractivity contribution in [2.75, 3.05) is 13.2 Å². The SMILES string of the molecule is CCCCOc1cc(Br)ccc1C1COC=N1. The zero-order valence-electron chi connectivity index (χ0n) is 9.86.